The molecular weight excluding hydrogens is 176 g/mol. The first-order valence-electron chi connectivity index (χ1n) is 5.75. The fraction of sp³-hybridized carbons (Fsp3) is 1.00. The monoisotopic (exact) mass is 200 g/mol. The van der Waals surface area contributed by atoms with Gasteiger partial charge in [0, 0.05) is 25.2 Å². The predicted octanol–water partition coefficient (Wildman–Crippen LogP) is 1.10. The Labute approximate surface area is 87.8 Å². The van der Waals surface area contributed by atoms with E-state index in [4.69, 9.17) is 4.74 Å². The molecule has 0 aliphatic carbocycles. The zero-order valence-electron chi connectivity index (χ0n) is 9.75. The highest BCUT2D eigenvalue weighted by Gasteiger charge is 2.21. The van der Waals surface area contributed by atoms with Crippen LogP contribution < -0.4 is 5.32 Å². The third-order valence-corrected chi connectivity index (χ3v) is 3.01. The SMILES string of the molecule is CCOCCN(C)C1CCNC(C)C1. The number of nitrogens with one attached hydrogen (secondary N) is 1. The summed E-state index contributed by atoms with van der Waals surface area (Å²) in [7, 11) is 2.21. The number of likely N-dealkylation sites (N-methyl/N-ethyl adjacent to an activating group) is 1. The predicted molar refractivity (Wildman–Crippen MR) is 59.6 cm³/mol. The van der Waals surface area contributed by atoms with Crippen LogP contribution >= 0.6 is 0 Å². The van der Waals surface area contributed by atoms with Gasteiger partial charge in [-0.1, -0.05) is 0 Å². The van der Waals surface area contributed by atoms with Crippen molar-refractivity contribution in [1.29, 1.82) is 0 Å². The van der Waals surface area contributed by atoms with E-state index in [0.29, 0.717) is 6.04 Å². The molecule has 0 aromatic heterocycles. The van der Waals surface area contributed by atoms with Gasteiger partial charge in [0.15, 0.2) is 0 Å². The first kappa shape index (κ1) is 12.0. The second-order valence-electron chi connectivity index (χ2n) is 4.21. The Balaban J connectivity index is 2.18. The van der Waals surface area contributed by atoms with Crippen molar-refractivity contribution >= 4 is 0 Å². The van der Waals surface area contributed by atoms with Crippen molar-refractivity contribution < 1.29 is 4.74 Å². The molecule has 3 heteroatoms. The van der Waals surface area contributed by atoms with E-state index in [0.717, 1.165) is 32.3 Å². The quantitative estimate of drug-likeness (QED) is 0.673. The summed E-state index contributed by atoms with van der Waals surface area (Å²) in [5.41, 5.74) is 0. The van der Waals surface area contributed by atoms with Gasteiger partial charge in [-0.05, 0) is 40.3 Å². The average molecular weight is 200 g/mol. The van der Waals surface area contributed by atoms with Gasteiger partial charge < -0.3 is 15.0 Å². The van der Waals surface area contributed by atoms with Crippen LogP contribution in [0.5, 0.6) is 0 Å². The molecular formula is C11H24N2O. The van der Waals surface area contributed by atoms with Crippen molar-refractivity contribution in [3.8, 4) is 0 Å². The maximum Gasteiger partial charge on any atom is 0.0593 e. The maximum atomic E-state index is 5.36. The molecule has 1 aliphatic rings. The van der Waals surface area contributed by atoms with Crippen molar-refractivity contribution in [2.24, 2.45) is 0 Å². The van der Waals surface area contributed by atoms with Crippen LogP contribution in [0.2, 0.25) is 0 Å². The van der Waals surface area contributed by atoms with Crippen LogP contribution in [0.3, 0.4) is 0 Å². The molecule has 2 unspecified atom stereocenters. The van der Waals surface area contributed by atoms with Crippen LogP contribution in [0, 0.1) is 0 Å². The molecule has 0 saturated carbocycles. The van der Waals surface area contributed by atoms with Gasteiger partial charge in [0.25, 0.3) is 0 Å². The fourth-order valence-electron chi connectivity index (χ4n) is 2.04. The number of rotatable bonds is 5. The van der Waals surface area contributed by atoms with Gasteiger partial charge in [-0.15, -0.1) is 0 Å². The molecule has 0 radical (unpaired) electrons. The lowest BCUT2D eigenvalue weighted by Crippen LogP contribution is -2.46. The third-order valence-electron chi connectivity index (χ3n) is 3.01. The number of nitrogens with zero attached hydrogens (tertiary/aromatic N) is 1. The summed E-state index contributed by atoms with van der Waals surface area (Å²) in [6.07, 6.45) is 2.54. The van der Waals surface area contributed by atoms with Crippen molar-refractivity contribution in [2.75, 3.05) is 33.4 Å². The molecule has 1 saturated heterocycles. The van der Waals surface area contributed by atoms with E-state index in [1.54, 1.807) is 0 Å². The molecule has 3 nitrogen and oxygen atoms in total. The standard InChI is InChI=1S/C11H24N2O/c1-4-14-8-7-13(3)11-5-6-12-10(2)9-11/h10-12H,4-9H2,1-3H3. The van der Waals surface area contributed by atoms with Crippen LogP contribution in [0.1, 0.15) is 26.7 Å². The Hall–Kier alpha value is -0.120. The molecule has 14 heavy (non-hydrogen) atoms. The first-order chi connectivity index (χ1) is 6.74. The highest BCUT2D eigenvalue weighted by atomic mass is 16.5. The lowest BCUT2D eigenvalue weighted by atomic mass is 9.99. The first-order valence-corrected chi connectivity index (χ1v) is 5.75. The smallest absolute Gasteiger partial charge is 0.0593 e. The lowest BCUT2D eigenvalue weighted by molar-refractivity contribution is 0.0949. The molecule has 0 spiro atoms. The van der Waals surface area contributed by atoms with Crippen LogP contribution in [-0.4, -0.2) is 50.3 Å². The molecule has 1 rings (SSSR count). The van der Waals surface area contributed by atoms with Crippen molar-refractivity contribution in [2.45, 2.75) is 38.8 Å². The van der Waals surface area contributed by atoms with E-state index < -0.39 is 0 Å². The van der Waals surface area contributed by atoms with E-state index in [1.807, 2.05) is 6.92 Å². The Morgan fingerprint density at radius 1 is 1.50 bits per heavy atom. The summed E-state index contributed by atoms with van der Waals surface area (Å²) in [6.45, 7) is 8.23. The fourth-order valence-corrected chi connectivity index (χ4v) is 2.04. The van der Waals surface area contributed by atoms with E-state index in [2.05, 4.69) is 24.2 Å². The van der Waals surface area contributed by atoms with Gasteiger partial charge in [0.2, 0.25) is 0 Å². The lowest BCUT2D eigenvalue weighted by Gasteiger charge is -2.34. The van der Waals surface area contributed by atoms with E-state index in [9.17, 15) is 0 Å². The van der Waals surface area contributed by atoms with Gasteiger partial charge in [-0.2, -0.15) is 0 Å². The number of piperidine rings is 1. The molecule has 1 N–H and O–H groups in total. The van der Waals surface area contributed by atoms with Gasteiger partial charge in [-0.25, -0.2) is 0 Å². The topological polar surface area (TPSA) is 24.5 Å². The van der Waals surface area contributed by atoms with E-state index >= 15 is 0 Å². The largest absolute Gasteiger partial charge is 0.380 e. The average Bonchev–Trinajstić information content (AvgIpc) is 2.18. The Morgan fingerprint density at radius 3 is 2.93 bits per heavy atom. The number of ether oxygens (including phenoxy) is 1. The minimum Gasteiger partial charge on any atom is -0.380 e. The van der Waals surface area contributed by atoms with Crippen LogP contribution in [0.25, 0.3) is 0 Å². The van der Waals surface area contributed by atoms with Gasteiger partial charge in [0.05, 0.1) is 6.61 Å². The Morgan fingerprint density at radius 2 is 2.29 bits per heavy atom. The van der Waals surface area contributed by atoms with Gasteiger partial charge in [0.1, 0.15) is 0 Å². The van der Waals surface area contributed by atoms with Crippen LogP contribution in [-0.2, 0) is 4.74 Å². The van der Waals surface area contributed by atoms with E-state index in [1.165, 1.54) is 12.8 Å². The zero-order valence-corrected chi connectivity index (χ0v) is 9.75. The van der Waals surface area contributed by atoms with Crippen molar-refractivity contribution in [3.05, 3.63) is 0 Å². The summed E-state index contributed by atoms with van der Waals surface area (Å²) in [5, 5.41) is 3.48. The summed E-state index contributed by atoms with van der Waals surface area (Å²) in [6, 6.07) is 1.41. The molecule has 84 valence electrons. The zero-order chi connectivity index (χ0) is 10.4. The van der Waals surface area contributed by atoms with Crippen molar-refractivity contribution in [3.63, 3.8) is 0 Å². The summed E-state index contributed by atoms with van der Waals surface area (Å²) >= 11 is 0. The number of hydrogen-bond acceptors (Lipinski definition) is 3. The van der Waals surface area contributed by atoms with E-state index in [-0.39, 0.29) is 0 Å². The molecule has 0 amide bonds. The number of hydrogen-bond donors (Lipinski definition) is 1. The van der Waals surface area contributed by atoms with Crippen LogP contribution in [0.15, 0.2) is 0 Å². The van der Waals surface area contributed by atoms with Gasteiger partial charge >= 0.3 is 0 Å². The second kappa shape index (κ2) is 6.38. The molecule has 1 aliphatic heterocycles. The highest BCUT2D eigenvalue weighted by Crippen LogP contribution is 2.13. The molecule has 1 fully saturated rings. The molecule has 0 aromatic carbocycles. The van der Waals surface area contributed by atoms with Crippen LogP contribution in [0.4, 0.5) is 0 Å². The minimum absolute atomic E-state index is 0.670. The Bertz CT molecular complexity index is 152. The summed E-state index contributed by atoms with van der Waals surface area (Å²) < 4.78 is 5.36. The molecule has 0 bridgehead atoms. The highest BCUT2D eigenvalue weighted by molar-refractivity contribution is 4.80. The third kappa shape index (κ3) is 3.95. The summed E-state index contributed by atoms with van der Waals surface area (Å²) in [5.74, 6) is 0. The maximum absolute atomic E-state index is 5.36. The molecule has 1 heterocycles. The normalized spacial score (nSPS) is 28.3. The summed E-state index contributed by atoms with van der Waals surface area (Å²) in [4.78, 5) is 2.44. The molecule has 2 atom stereocenters. The van der Waals surface area contributed by atoms with Crippen molar-refractivity contribution in [1.82, 2.24) is 10.2 Å². The molecule has 0 aromatic rings. The Kier molecular flexibility index (Phi) is 5.45. The second-order valence-corrected chi connectivity index (χ2v) is 4.21. The van der Waals surface area contributed by atoms with Gasteiger partial charge in [-0.3, -0.25) is 0 Å². The minimum atomic E-state index is 0.670.